The molecule has 0 bridgehead atoms. The molecule has 164 valence electrons. The number of hydrogen-bond donors (Lipinski definition) is 0. The Labute approximate surface area is 190 Å². The monoisotopic (exact) mass is 438 g/mol. The third kappa shape index (κ3) is 6.38. The Kier molecular flexibility index (Phi) is 8.60. The van der Waals surface area contributed by atoms with Gasteiger partial charge in [-0.2, -0.15) is 0 Å². The van der Waals surface area contributed by atoms with Gasteiger partial charge in [0.15, 0.2) is 0 Å². The summed E-state index contributed by atoms with van der Waals surface area (Å²) in [5, 5.41) is -0.676. The summed E-state index contributed by atoms with van der Waals surface area (Å²) in [7, 11) is 1.68. The first-order valence-corrected chi connectivity index (χ1v) is 11.3. The minimum atomic E-state index is -0.676. The van der Waals surface area contributed by atoms with Gasteiger partial charge in [-0.3, -0.25) is 4.79 Å². The maximum atomic E-state index is 13.3. The maximum Gasteiger partial charge on any atom is 0.245 e. The average Bonchev–Trinajstić information content (AvgIpc) is 3.24. The van der Waals surface area contributed by atoms with E-state index >= 15 is 0 Å². The summed E-state index contributed by atoms with van der Waals surface area (Å²) in [6.45, 7) is 4.13. The molecule has 0 saturated heterocycles. The van der Waals surface area contributed by atoms with Gasteiger partial charge in [-0.05, 0) is 41.8 Å². The third-order valence-corrected chi connectivity index (χ3v) is 5.85. The van der Waals surface area contributed by atoms with Crippen molar-refractivity contribution in [3.8, 4) is 5.75 Å². The van der Waals surface area contributed by atoms with Gasteiger partial charge in [0.1, 0.15) is 11.1 Å². The van der Waals surface area contributed by atoms with Crippen LogP contribution in [0.4, 0.5) is 0 Å². The van der Waals surface area contributed by atoms with Crippen molar-refractivity contribution >= 4 is 17.5 Å². The molecule has 1 heterocycles. The number of carbonyl (C=O) groups excluding carboxylic acids is 1. The summed E-state index contributed by atoms with van der Waals surface area (Å²) in [6, 6.07) is 21.7. The number of alkyl halides is 1. The smallest absolute Gasteiger partial charge is 0.245 e. The molecule has 0 aliphatic carbocycles. The quantitative estimate of drug-likeness (QED) is 0.270. The predicted molar refractivity (Wildman–Crippen MR) is 127 cm³/mol. The summed E-state index contributed by atoms with van der Waals surface area (Å²) in [5.41, 5.74) is 3.08. The minimum Gasteiger partial charge on any atom is -0.497 e. The molecule has 0 saturated carbocycles. The Bertz CT molecular complexity index is 955. The minimum absolute atomic E-state index is 0.0434. The Balaban J connectivity index is 1.77. The zero-order chi connectivity index (χ0) is 22.1. The van der Waals surface area contributed by atoms with Crippen LogP contribution in [0.15, 0.2) is 72.9 Å². The standard InChI is InChI=1S/C26H31ClN2O2/c1-3-4-8-16-29(26(30)25(27)22-12-6-5-7-13-22)20-23-14-10-17-28(23)19-21-11-9-15-24(18-21)31-2/h5-7,9-15,17-18,25H,3-4,8,16,19-20H2,1-2H3. The van der Waals surface area contributed by atoms with E-state index in [1.165, 1.54) is 0 Å². The van der Waals surface area contributed by atoms with Crippen molar-refractivity contribution in [2.75, 3.05) is 13.7 Å². The van der Waals surface area contributed by atoms with Gasteiger partial charge in [-0.25, -0.2) is 0 Å². The molecule has 0 N–H and O–H groups in total. The van der Waals surface area contributed by atoms with Crippen molar-refractivity contribution < 1.29 is 9.53 Å². The van der Waals surface area contributed by atoms with Gasteiger partial charge in [-0.1, -0.05) is 62.2 Å². The van der Waals surface area contributed by atoms with Crippen LogP contribution in [0, 0.1) is 0 Å². The van der Waals surface area contributed by atoms with Crippen LogP contribution in [0.2, 0.25) is 0 Å². The molecule has 0 spiro atoms. The second kappa shape index (κ2) is 11.6. The fraction of sp³-hybridized carbons (Fsp3) is 0.346. The summed E-state index contributed by atoms with van der Waals surface area (Å²) >= 11 is 6.60. The predicted octanol–water partition coefficient (Wildman–Crippen LogP) is 6.04. The lowest BCUT2D eigenvalue weighted by molar-refractivity contribution is -0.131. The van der Waals surface area contributed by atoms with Crippen LogP contribution < -0.4 is 4.74 Å². The molecular formula is C26H31ClN2O2. The van der Waals surface area contributed by atoms with E-state index in [4.69, 9.17) is 16.3 Å². The number of carbonyl (C=O) groups is 1. The molecule has 2 aromatic carbocycles. The van der Waals surface area contributed by atoms with Gasteiger partial charge >= 0.3 is 0 Å². The average molecular weight is 439 g/mol. The van der Waals surface area contributed by atoms with E-state index in [0.29, 0.717) is 13.1 Å². The van der Waals surface area contributed by atoms with Crippen molar-refractivity contribution in [1.82, 2.24) is 9.47 Å². The van der Waals surface area contributed by atoms with E-state index in [1.807, 2.05) is 59.5 Å². The summed E-state index contributed by atoms with van der Waals surface area (Å²) in [4.78, 5) is 15.2. The Morgan fingerprint density at radius 3 is 2.61 bits per heavy atom. The molecule has 1 unspecified atom stereocenters. The summed E-state index contributed by atoms with van der Waals surface area (Å²) < 4.78 is 7.53. The lowest BCUT2D eigenvalue weighted by Crippen LogP contribution is -2.34. The summed E-state index contributed by atoms with van der Waals surface area (Å²) in [5.74, 6) is 0.800. The SMILES string of the molecule is CCCCCN(Cc1cccn1Cc1cccc(OC)c1)C(=O)C(Cl)c1ccccc1. The van der Waals surface area contributed by atoms with Crippen LogP contribution in [0.3, 0.4) is 0 Å². The molecule has 0 fully saturated rings. The molecule has 0 radical (unpaired) electrons. The van der Waals surface area contributed by atoms with Crippen molar-refractivity contribution in [3.63, 3.8) is 0 Å². The number of unbranched alkanes of at least 4 members (excludes halogenated alkanes) is 2. The Morgan fingerprint density at radius 2 is 1.87 bits per heavy atom. The first kappa shape index (κ1) is 23.0. The maximum absolute atomic E-state index is 13.3. The van der Waals surface area contributed by atoms with Crippen LogP contribution in [0.25, 0.3) is 0 Å². The number of hydrogen-bond acceptors (Lipinski definition) is 2. The number of nitrogens with zero attached hydrogens (tertiary/aromatic N) is 2. The second-order valence-electron chi connectivity index (χ2n) is 7.72. The number of methoxy groups -OCH3 is 1. The number of amides is 1. The van der Waals surface area contributed by atoms with Gasteiger partial charge in [0.05, 0.1) is 13.7 Å². The highest BCUT2D eigenvalue weighted by atomic mass is 35.5. The van der Waals surface area contributed by atoms with Crippen LogP contribution in [-0.4, -0.2) is 29.0 Å². The van der Waals surface area contributed by atoms with Crippen molar-refractivity contribution in [2.24, 2.45) is 0 Å². The van der Waals surface area contributed by atoms with Gasteiger partial charge in [0.25, 0.3) is 0 Å². The highest BCUT2D eigenvalue weighted by molar-refractivity contribution is 6.30. The Hall–Kier alpha value is -2.72. The normalized spacial score (nSPS) is 11.8. The highest BCUT2D eigenvalue weighted by Crippen LogP contribution is 2.24. The fourth-order valence-corrected chi connectivity index (χ4v) is 3.94. The molecule has 0 aliphatic heterocycles. The number of aromatic nitrogens is 1. The molecule has 31 heavy (non-hydrogen) atoms. The van der Waals surface area contributed by atoms with Crippen LogP contribution >= 0.6 is 11.6 Å². The highest BCUT2D eigenvalue weighted by Gasteiger charge is 2.24. The van der Waals surface area contributed by atoms with Gasteiger partial charge in [0, 0.05) is 25.0 Å². The van der Waals surface area contributed by atoms with Gasteiger partial charge < -0.3 is 14.2 Å². The first-order chi connectivity index (χ1) is 15.1. The van der Waals surface area contributed by atoms with E-state index in [-0.39, 0.29) is 5.91 Å². The van der Waals surface area contributed by atoms with E-state index in [1.54, 1.807) is 7.11 Å². The van der Waals surface area contributed by atoms with Crippen molar-refractivity contribution in [1.29, 1.82) is 0 Å². The van der Waals surface area contributed by atoms with E-state index < -0.39 is 5.38 Å². The molecule has 4 nitrogen and oxygen atoms in total. The molecule has 0 aliphatic rings. The molecule has 5 heteroatoms. The molecule has 1 aromatic heterocycles. The number of halogens is 1. The molecule has 3 rings (SSSR count). The number of ether oxygens (including phenoxy) is 1. The second-order valence-corrected chi connectivity index (χ2v) is 8.16. The van der Waals surface area contributed by atoms with E-state index in [9.17, 15) is 4.79 Å². The van der Waals surface area contributed by atoms with E-state index in [0.717, 1.165) is 48.4 Å². The molecule has 3 aromatic rings. The Morgan fingerprint density at radius 1 is 1.06 bits per heavy atom. The van der Waals surface area contributed by atoms with Crippen molar-refractivity contribution in [3.05, 3.63) is 89.7 Å². The van der Waals surface area contributed by atoms with Gasteiger partial charge in [-0.15, -0.1) is 11.6 Å². The zero-order valence-corrected chi connectivity index (χ0v) is 19.1. The zero-order valence-electron chi connectivity index (χ0n) is 18.3. The largest absolute Gasteiger partial charge is 0.497 e. The molecule has 1 atom stereocenters. The van der Waals surface area contributed by atoms with Crippen LogP contribution in [-0.2, 0) is 17.9 Å². The first-order valence-electron chi connectivity index (χ1n) is 10.9. The topological polar surface area (TPSA) is 34.5 Å². The number of benzene rings is 2. The van der Waals surface area contributed by atoms with Crippen LogP contribution in [0.5, 0.6) is 5.75 Å². The third-order valence-electron chi connectivity index (χ3n) is 5.42. The van der Waals surface area contributed by atoms with Gasteiger partial charge in [0.2, 0.25) is 5.91 Å². The lowest BCUT2D eigenvalue weighted by Gasteiger charge is -2.26. The van der Waals surface area contributed by atoms with Crippen molar-refractivity contribution in [2.45, 2.75) is 44.7 Å². The lowest BCUT2D eigenvalue weighted by atomic mass is 10.1. The molecule has 1 amide bonds. The molecular weight excluding hydrogens is 408 g/mol. The number of rotatable bonds is 11. The fourth-order valence-electron chi connectivity index (χ4n) is 3.66. The van der Waals surface area contributed by atoms with Crippen LogP contribution in [0.1, 0.15) is 48.4 Å². The van der Waals surface area contributed by atoms with E-state index in [2.05, 4.69) is 29.8 Å². The summed E-state index contributed by atoms with van der Waals surface area (Å²) in [6.07, 6.45) is 5.22.